The third-order valence-electron chi connectivity index (χ3n) is 5.46. The lowest BCUT2D eigenvalue weighted by molar-refractivity contribution is -0.142. The number of rotatable bonds is 6. The van der Waals surface area contributed by atoms with Crippen LogP contribution < -0.4 is 5.32 Å². The second-order valence-electron chi connectivity index (χ2n) is 7.26. The van der Waals surface area contributed by atoms with Crippen LogP contribution >= 0.6 is 11.6 Å². The molecular weight excluding hydrogens is 322 g/mol. The van der Waals surface area contributed by atoms with E-state index in [0.717, 1.165) is 50.2 Å². The van der Waals surface area contributed by atoms with Crippen LogP contribution in [0.5, 0.6) is 0 Å². The van der Waals surface area contributed by atoms with E-state index in [-0.39, 0.29) is 5.92 Å². The molecule has 2 aliphatic rings. The molecule has 2 N–H and O–H groups in total. The summed E-state index contributed by atoms with van der Waals surface area (Å²) in [6.07, 6.45) is 4.27. The lowest BCUT2D eigenvalue weighted by Crippen LogP contribution is -2.44. The van der Waals surface area contributed by atoms with Gasteiger partial charge in [0.25, 0.3) is 0 Å². The van der Waals surface area contributed by atoms with Crippen molar-refractivity contribution < 1.29 is 9.90 Å². The van der Waals surface area contributed by atoms with E-state index >= 15 is 0 Å². The molecule has 3 atom stereocenters. The first-order valence-corrected chi connectivity index (χ1v) is 9.40. The number of carbonyl (C=O) groups is 1. The van der Waals surface area contributed by atoms with E-state index in [1.54, 1.807) is 0 Å². The summed E-state index contributed by atoms with van der Waals surface area (Å²) >= 11 is 6.06. The highest BCUT2D eigenvalue weighted by atomic mass is 35.5. The normalized spacial score (nSPS) is 27.1. The quantitative estimate of drug-likeness (QED) is 0.770. The van der Waals surface area contributed by atoms with Crippen LogP contribution in [0.1, 0.15) is 24.0 Å². The minimum absolute atomic E-state index is 0.203. The second-order valence-corrected chi connectivity index (χ2v) is 7.70. The van der Waals surface area contributed by atoms with E-state index in [9.17, 15) is 9.90 Å². The molecule has 0 bridgehead atoms. The average molecular weight is 349 g/mol. The van der Waals surface area contributed by atoms with Crippen LogP contribution in [0.2, 0.25) is 11.3 Å². The molecule has 24 heavy (non-hydrogen) atoms. The van der Waals surface area contributed by atoms with Gasteiger partial charge in [0, 0.05) is 37.2 Å². The summed E-state index contributed by atoms with van der Waals surface area (Å²) in [6, 6.07) is 6.51. The van der Waals surface area contributed by atoms with Gasteiger partial charge in [0.1, 0.15) is 7.85 Å². The molecule has 1 aromatic rings. The van der Waals surface area contributed by atoms with Crippen LogP contribution in [0.25, 0.3) is 0 Å². The topological polar surface area (TPSA) is 52.6 Å². The number of hydrogen-bond acceptors (Lipinski definition) is 3. The van der Waals surface area contributed by atoms with Gasteiger partial charge in [-0.05, 0) is 42.0 Å². The summed E-state index contributed by atoms with van der Waals surface area (Å²) in [4.78, 5) is 13.9. The Morgan fingerprint density at radius 1 is 1.38 bits per heavy atom. The second kappa shape index (κ2) is 7.90. The molecule has 0 radical (unpaired) electrons. The fourth-order valence-corrected chi connectivity index (χ4v) is 4.33. The van der Waals surface area contributed by atoms with Crippen molar-refractivity contribution in [1.82, 2.24) is 10.2 Å². The number of hydrogen-bond donors (Lipinski definition) is 2. The molecule has 4 nitrogen and oxygen atoms in total. The zero-order valence-corrected chi connectivity index (χ0v) is 15.1. The van der Waals surface area contributed by atoms with Gasteiger partial charge >= 0.3 is 5.97 Å². The van der Waals surface area contributed by atoms with Crippen molar-refractivity contribution in [3.8, 4) is 0 Å². The van der Waals surface area contributed by atoms with Crippen LogP contribution in [0.4, 0.5) is 0 Å². The number of nitrogens with one attached hydrogen (secondary N) is 1. The highest BCUT2D eigenvalue weighted by molar-refractivity contribution is 6.30. The van der Waals surface area contributed by atoms with Crippen LogP contribution in [0, 0.1) is 11.8 Å². The third-order valence-corrected chi connectivity index (χ3v) is 5.69. The molecule has 0 aliphatic carbocycles. The van der Waals surface area contributed by atoms with Crippen molar-refractivity contribution in [2.75, 3.05) is 19.6 Å². The van der Waals surface area contributed by atoms with Gasteiger partial charge in [-0.15, -0.1) is 0 Å². The van der Waals surface area contributed by atoms with Gasteiger partial charge in [-0.1, -0.05) is 30.4 Å². The zero-order chi connectivity index (χ0) is 17.1. The molecule has 1 saturated heterocycles. The summed E-state index contributed by atoms with van der Waals surface area (Å²) in [5.41, 5.74) is 2.64. The first-order valence-electron chi connectivity index (χ1n) is 9.02. The molecule has 1 unspecified atom stereocenters. The number of carboxylic acids is 1. The lowest BCUT2D eigenvalue weighted by Gasteiger charge is -2.30. The number of benzene rings is 1. The Bertz CT molecular complexity index is 598. The molecule has 1 fully saturated rings. The van der Waals surface area contributed by atoms with Crippen molar-refractivity contribution in [1.29, 1.82) is 0 Å². The van der Waals surface area contributed by atoms with Gasteiger partial charge in [0.2, 0.25) is 0 Å². The third kappa shape index (κ3) is 4.13. The number of aliphatic carboxylic acids is 1. The Hall–Kier alpha value is -1.04. The van der Waals surface area contributed by atoms with Crippen molar-refractivity contribution in [3.05, 3.63) is 34.3 Å². The van der Waals surface area contributed by atoms with E-state index in [1.165, 1.54) is 11.1 Å². The highest BCUT2D eigenvalue weighted by Crippen LogP contribution is 2.29. The van der Waals surface area contributed by atoms with Crippen molar-refractivity contribution in [2.24, 2.45) is 11.8 Å². The Kier molecular flexibility index (Phi) is 5.85. The largest absolute Gasteiger partial charge is 0.481 e. The predicted molar refractivity (Wildman–Crippen MR) is 99.4 cm³/mol. The maximum atomic E-state index is 11.6. The first-order chi connectivity index (χ1) is 11.6. The standard InChI is InChI=1S/C18H26BClN2O2/c19-5-1-2-13-9-22(11-17(13)18(23)24)10-16-7-12-3-4-15(20)6-14(12)8-21-16/h3-4,6,13,16-17,21H,1-2,5,7-11,19H2,(H,23,24)/t13-,16?,17+/m0/s1. The van der Waals surface area contributed by atoms with Crippen molar-refractivity contribution in [3.63, 3.8) is 0 Å². The molecular formula is C18H26BClN2O2. The molecule has 0 saturated carbocycles. The highest BCUT2D eigenvalue weighted by Gasteiger charge is 2.37. The first kappa shape index (κ1) is 17.8. The van der Waals surface area contributed by atoms with Crippen molar-refractivity contribution in [2.45, 2.75) is 38.2 Å². The Balaban J connectivity index is 1.58. The van der Waals surface area contributed by atoms with Gasteiger partial charge < -0.3 is 15.3 Å². The Morgan fingerprint density at radius 3 is 2.96 bits per heavy atom. The summed E-state index contributed by atoms with van der Waals surface area (Å²) in [5, 5.41) is 13.9. The number of likely N-dealkylation sites (tertiary alicyclic amines) is 1. The monoisotopic (exact) mass is 348 g/mol. The maximum absolute atomic E-state index is 11.6. The molecule has 6 heteroatoms. The summed E-state index contributed by atoms with van der Waals surface area (Å²) < 4.78 is 0. The minimum atomic E-state index is -0.629. The number of carboxylic acid groups (broad SMARTS) is 1. The Morgan fingerprint density at radius 2 is 2.21 bits per heavy atom. The van der Waals surface area contributed by atoms with E-state index in [1.807, 2.05) is 12.1 Å². The number of fused-ring (bicyclic) bond motifs is 1. The van der Waals surface area contributed by atoms with Gasteiger partial charge in [0.05, 0.1) is 5.92 Å². The molecule has 2 aliphatic heterocycles. The molecule has 130 valence electrons. The molecule has 1 aromatic carbocycles. The number of halogens is 1. The number of nitrogens with zero attached hydrogens (tertiary/aromatic N) is 1. The zero-order valence-electron chi connectivity index (χ0n) is 14.3. The fraction of sp³-hybridized carbons (Fsp3) is 0.611. The van der Waals surface area contributed by atoms with Crippen LogP contribution in [-0.2, 0) is 17.8 Å². The SMILES string of the molecule is BCCC[C@H]1CN(CC2Cc3ccc(Cl)cc3CN2)C[C@H]1C(=O)O. The summed E-state index contributed by atoms with van der Waals surface area (Å²) in [5.74, 6) is -0.529. The van der Waals surface area contributed by atoms with Crippen molar-refractivity contribution >= 4 is 25.4 Å². The van der Waals surface area contributed by atoms with Crippen LogP contribution in [0.3, 0.4) is 0 Å². The van der Waals surface area contributed by atoms with E-state index < -0.39 is 5.97 Å². The van der Waals surface area contributed by atoms with E-state index in [0.29, 0.717) is 18.5 Å². The van der Waals surface area contributed by atoms with Crippen LogP contribution in [-0.4, -0.2) is 49.5 Å². The van der Waals surface area contributed by atoms with Gasteiger partial charge in [-0.3, -0.25) is 4.79 Å². The van der Waals surface area contributed by atoms with Gasteiger partial charge in [0.15, 0.2) is 0 Å². The maximum Gasteiger partial charge on any atom is 0.308 e. The fourth-order valence-electron chi connectivity index (χ4n) is 4.14. The molecule has 3 rings (SSSR count). The smallest absolute Gasteiger partial charge is 0.308 e. The summed E-state index contributed by atoms with van der Waals surface area (Å²) in [6.45, 7) is 3.38. The van der Waals surface area contributed by atoms with Gasteiger partial charge in [-0.2, -0.15) is 0 Å². The van der Waals surface area contributed by atoms with Crippen LogP contribution in [0.15, 0.2) is 18.2 Å². The molecule has 0 aromatic heterocycles. The summed E-state index contributed by atoms with van der Waals surface area (Å²) in [7, 11) is 2.16. The molecule has 0 amide bonds. The minimum Gasteiger partial charge on any atom is -0.481 e. The van der Waals surface area contributed by atoms with Gasteiger partial charge in [-0.25, -0.2) is 0 Å². The average Bonchev–Trinajstić information content (AvgIpc) is 2.96. The predicted octanol–water partition coefficient (Wildman–Crippen LogP) is 1.82. The molecule has 0 spiro atoms. The Labute approximate surface area is 150 Å². The lowest BCUT2D eigenvalue weighted by atomic mass is 9.88. The molecule has 2 heterocycles. The van der Waals surface area contributed by atoms with E-state index in [2.05, 4.69) is 24.1 Å². The van der Waals surface area contributed by atoms with E-state index in [4.69, 9.17) is 11.6 Å².